The second kappa shape index (κ2) is 8.52. The molecule has 160 valence electrons. The van der Waals surface area contributed by atoms with E-state index in [1.165, 1.54) is 11.1 Å². The molecule has 3 rings (SSSR count). The first kappa shape index (κ1) is 21.9. The van der Waals surface area contributed by atoms with Gasteiger partial charge in [0.2, 0.25) is 0 Å². The first-order valence-corrected chi connectivity index (χ1v) is 11.0. The summed E-state index contributed by atoms with van der Waals surface area (Å²) < 4.78 is 53.4. The molecular formula is C16H17Cl2F2N3O5S. The standard InChI is InChI=1S/C16H17Cl2F2N3O5S/c17-14(18)15(24)21-7-10-8-23(16(25)28-10)9-5-11(19)13(12(20)6-9)22-1-3-29(26,27)4-2-22/h1,3,5-6,10,14,26-27H,2,4,7-8H2,(H,21,24)/t10-/m0/s1. The highest BCUT2D eigenvalue weighted by atomic mass is 35.5. The molecule has 0 bridgehead atoms. The Balaban J connectivity index is 1.73. The molecule has 0 unspecified atom stereocenters. The minimum absolute atomic E-state index is 0.0156. The van der Waals surface area contributed by atoms with E-state index in [1.54, 1.807) is 0 Å². The number of nitrogens with one attached hydrogen (secondary N) is 1. The number of carbonyl (C=O) groups is 2. The van der Waals surface area contributed by atoms with E-state index in [4.69, 9.17) is 27.9 Å². The number of cyclic esters (lactones) is 1. The lowest BCUT2D eigenvalue weighted by Gasteiger charge is -2.36. The van der Waals surface area contributed by atoms with Crippen molar-refractivity contribution in [1.82, 2.24) is 5.32 Å². The molecule has 0 aliphatic carbocycles. The molecule has 8 nitrogen and oxygen atoms in total. The van der Waals surface area contributed by atoms with Gasteiger partial charge in [-0.25, -0.2) is 13.6 Å². The number of carbonyl (C=O) groups excluding carboxylic acids is 2. The maximum Gasteiger partial charge on any atom is 0.414 e. The van der Waals surface area contributed by atoms with Crippen LogP contribution < -0.4 is 15.1 Å². The van der Waals surface area contributed by atoms with Crippen molar-refractivity contribution in [2.24, 2.45) is 0 Å². The van der Waals surface area contributed by atoms with Crippen LogP contribution in [0.5, 0.6) is 0 Å². The van der Waals surface area contributed by atoms with Crippen molar-refractivity contribution in [3.8, 4) is 0 Å². The summed E-state index contributed by atoms with van der Waals surface area (Å²) in [5.74, 6) is -2.57. The SMILES string of the molecule is O=C(NC[C@H]1CN(c2cc(F)c(N3C=CS(O)(O)CC3)c(F)c2)C(=O)O1)C(Cl)Cl. The van der Waals surface area contributed by atoms with Gasteiger partial charge in [-0.3, -0.25) is 18.8 Å². The Morgan fingerprint density at radius 3 is 2.55 bits per heavy atom. The minimum Gasteiger partial charge on any atom is -0.442 e. The Morgan fingerprint density at radius 2 is 2.00 bits per heavy atom. The summed E-state index contributed by atoms with van der Waals surface area (Å²) in [6, 6.07) is 1.96. The molecule has 1 aromatic carbocycles. The number of alkyl halides is 2. The highest BCUT2D eigenvalue weighted by Gasteiger charge is 2.34. The van der Waals surface area contributed by atoms with Gasteiger partial charge in [0.25, 0.3) is 5.91 Å². The Kier molecular flexibility index (Phi) is 6.44. The average molecular weight is 472 g/mol. The van der Waals surface area contributed by atoms with Crippen molar-refractivity contribution in [3.05, 3.63) is 35.4 Å². The summed E-state index contributed by atoms with van der Waals surface area (Å²) in [6.45, 7) is -0.0934. The number of hydrogen-bond acceptors (Lipinski definition) is 6. The molecule has 0 aromatic heterocycles. The van der Waals surface area contributed by atoms with Crippen molar-refractivity contribution in [2.45, 2.75) is 10.9 Å². The van der Waals surface area contributed by atoms with Gasteiger partial charge in [-0.1, -0.05) is 23.2 Å². The van der Waals surface area contributed by atoms with Gasteiger partial charge in [-0.15, -0.1) is 0 Å². The number of anilines is 2. The fourth-order valence-corrected chi connectivity index (χ4v) is 3.94. The fourth-order valence-electron chi connectivity index (χ4n) is 2.85. The third-order valence-corrected chi connectivity index (χ3v) is 6.01. The van der Waals surface area contributed by atoms with Gasteiger partial charge >= 0.3 is 6.09 Å². The van der Waals surface area contributed by atoms with Crippen LogP contribution in [0.25, 0.3) is 0 Å². The zero-order chi connectivity index (χ0) is 21.3. The van der Waals surface area contributed by atoms with E-state index in [0.717, 1.165) is 22.4 Å². The van der Waals surface area contributed by atoms with E-state index < -0.39 is 45.2 Å². The molecule has 1 aromatic rings. The number of hydrogen-bond donors (Lipinski definition) is 3. The van der Waals surface area contributed by atoms with Crippen LogP contribution in [0.2, 0.25) is 0 Å². The summed E-state index contributed by atoms with van der Waals surface area (Å²) in [4.78, 5) is 24.4. The van der Waals surface area contributed by atoms with E-state index in [9.17, 15) is 27.5 Å². The molecule has 3 N–H and O–H groups in total. The topological polar surface area (TPSA) is 102 Å². The van der Waals surface area contributed by atoms with Gasteiger partial charge < -0.3 is 15.0 Å². The summed E-state index contributed by atoms with van der Waals surface area (Å²) in [5, 5.41) is 3.49. The molecule has 0 saturated carbocycles. The maximum absolute atomic E-state index is 14.6. The molecule has 1 fully saturated rings. The minimum atomic E-state index is -2.88. The van der Waals surface area contributed by atoms with Gasteiger partial charge in [-0.2, -0.15) is 10.6 Å². The zero-order valence-corrected chi connectivity index (χ0v) is 17.1. The quantitative estimate of drug-likeness (QED) is 0.569. The Hall–Kier alpha value is -1.79. The van der Waals surface area contributed by atoms with Gasteiger partial charge in [0.05, 0.1) is 24.5 Å². The molecule has 1 atom stereocenters. The first-order chi connectivity index (χ1) is 13.6. The van der Waals surface area contributed by atoms with Crippen molar-refractivity contribution in [1.29, 1.82) is 0 Å². The fraction of sp³-hybridized carbons (Fsp3) is 0.375. The molecule has 0 radical (unpaired) electrons. The largest absolute Gasteiger partial charge is 0.442 e. The lowest BCUT2D eigenvalue weighted by Crippen LogP contribution is -2.37. The zero-order valence-electron chi connectivity index (χ0n) is 14.7. The van der Waals surface area contributed by atoms with Gasteiger partial charge in [0, 0.05) is 30.3 Å². The average Bonchev–Trinajstić information content (AvgIpc) is 3.01. The van der Waals surface area contributed by atoms with Crippen LogP contribution in [0, 0.1) is 11.6 Å². The van der Waals surface area contributed by atoms with Crippen LogP contribution in [0.3, 0.4) is 0 Å². The Labute approximate surface area is 176 Å². The van der Waals surface area contributed by atoms with E-state index in [-0.39, 0.29) is 36.8 Å². The van der Waals surface area contributed by atoms with Crippen LogP contribution in [-0.2, 0) is 9.53 Å². The molecule has 13 heteroatoms. The number of nitrogens with zero attached hydrogens (tertiary/aromatic N) is 2. The summed E-state index contributed by atoms with van der Waals surface area (Å²) in [7, 11) is -2.88. The van der Waals surface area contributed by atoms with Gasteiger partial charge in [0.1, 0.15) is 11.8 Å². The molecule has 2 aliphatic heterocycles. The molecule has 2 amide bonds. The van der Waals surface area contributed by atoms with E-state index >= 15 is 0 Å². The third-order valence-electron chi connectivity index (χ3n) is 4.27. The maximum atomic E-state index is 14.6. The second-order valence-corrected chi connectivity index (χ2v) is 9.53. The lowest BCUT2D eigenvalue weighted by atomic mass is 10.2. The summed E-state index contributed by atoms with van der Waals surface area (Å²) in [6.07, 6.45) is -0.361. The molecule has 29 heavy (non-hydrogen) atoms. The number of amides is 2. The van der Waals surface area contributed by atoms with Crippen molar-refractivity contribution >= 4 is 57.2 Å². The van der Waals surface area contributed by atoms with Crippen molar-refractivity contribution in [3.63, 3.8) is 0 Å². The molecule has 2 aliphatic rings. The Bertz CT molecular complexity index is 835. The second-order valence-electron chi connectivity index (χ2n) is 6.32. The molecule has 2 heterocycles. The number of ether oxygens (including phenoxy) is 1. The Morgan fingerprint density at radius 1 is 1.34 bits per heavy atom. The van der Waals surface area contributed by atoms with Crippen molar-refractivity contribution < 1.29 is 32.2 Å². The predicted octanol–water partition coefficient (Wildman–Crippen LogP) is 3.25. The smallest absolute Gasteiger partial charge is 0.414 e. The summed E-state index contributed by atoms with van der Waals surface area (Å²) >= 11 is 10.8. The number of rotatable bonds is 5. The van der Waals surface area contributed by atoms with E-state index in [1.807, 2.05) is 0 Å². The highest BCUT2D eigenvalue weighted by Crippen LogP contribution is 2.43. The lowest BCUT2D eigenvalue weighted by molar-refractivity contribution is -0.119. The molecular weight excluding hydrogens is 455 g/mol. The summed E-state index contributed by atoms with van der Waals surface area (Å²) in [5.41, 5.74) is -0.424. The van der Waals surface area contributed by atoms with E-state index in [2.05, 4.69) is 5.32 Å². The van der Waals surface area contributed by atoms with Crippen LogP contribution in [-0.4, -0.2) is 57.4 Å². The van der Waals surface area contributed by atoms with Gasteiger partial charge in [0.15, 0.2) is 16.5 Å². The first-order valence-electron chi connectivity index (χ1n) is 8.31. The predicted molar refractivity (Wildman–Crippen MR) is 107 cm³/mol. The van der Waals surface area contributed by atoms with Crippen LogP contribution in [0.15, 0.2) is 23.7 Å². The molecule has 0 spiro atoms. The number of benzene rings is 1. The monoisotopic (exact) mass is 471 g/mol. The van der Waals surface area contributed by atoms with Crippen LogP contribution in [0.4, 0.5) is 25.0 Å². The van der Waals surface area contributed by atoms with Crippen LogP contribution in [0.1, 0.15) is 0 Å². The highest BCUT2D eigenvalue weighted by molar-refractivity contribution is 8.26. The van der Waals surface area contributed by atoms with Gasteiger partial charge in [-0.05, 0) is 0 Å². The third kappa shape index (κ3) is 5.04. The van der Waals surface area contributed by atoms with Crippen LogP contribution >= 0.6 is 33.8 Å². The van der Waals surface area contributed by atoms with Crippen molar-refractivity contribution in [2.75, 3.05) is 35.2 Å². The van der Waals surface area contributed by atoms with E-state index in [0.29, 0.717) is 0 Å². The molecule has 1 saturated heterocycles. The normalized spacial score (nSPS) is 22.0. The number of halogens is 4.